The molecule has 1 atom stereocenters. The van der Waals surface area contributed by atoms with Crippen molar-refractivity contribution >= 4 is 23.2 Å². The maximum Gasteiger partial charge on any atom is 0.159 e. The molecule has 0 aliphatic rings. The van der Waals surface area contributed by atoms with Gasteiger partial charge in [-0.25, -0.2) is 0 Å². The number of hydrogen-bond donors (Lipinski definition) is 0. The standard InChI is InChI=1S/C10H20Cl2O4/c1-13-8-9-16-10(15-7-4-12)2-5-14-6-3-11/h10H,2-9H2,1H3. The molecule has 0 bridgehead atoms. The molecular formula is C10H20Cl2O4. The molecule has 0 aromatic heterocycles. The van der Waals surface area contributed by atoms with Crippen LogP contribution < -0.4 is 0 Å². The van der Waals surface area contributed by atoms with E-state index in [2.05, 4.69) is 0 Å². The van der Waals surface area contributed by atoms with Crippen LogP contribution in [0.4, 0.5) is 0 Å². The van der Waals surface area contributed by atoms with Gasteiger partial charge in [0, 0.05) is 25.3 Å². The minimum atomic E-state index is -0.288. The van der Waals surface area contributed by atoms with Crippen molar-refractivity contribution in [1.29, 1.82) is 0 Å². The Kier molecular flexibility index (Phi) is 13.8. The summed E-state index contributed by atoms with van der Waals surface area (Å²) in [6.07, 6.45) is 0.376. The molecule has 0 rings (SSSR count). The summed E-state index contributed by atoms with van der Waals surface area (Å²) in [6.45, 7) is 2.62. The molecule has 0 aromatic rings. The van der Waals surface area contributed by atoms with Gasteiger partial charge in [-0.2, -0.15) is 0 Å². The minimum Gasteiger partial charge on any atom is -0.382 e. The van der Waals surface area contributed by atoms with Crippen molar-refractivity contribution < 1.29 is 18.9 Å². The third kappa shape index (κ3) is 10.9. The predicted molar refractivity (Wildman–Crippen MR) is 64.4 cm³/mol. The molecule has 0 heterocycles. The molecule has 0 radical (unpaired) electrons. The largest absolute Gasteiger partial charge is 0.382 e. The van der Waals surface area contributed by atoms with Crippen molar-refractivity contribution in [2.24, 2.45) is 0 Å². The van der Waals surface area contributed by atoms with E-state index in [0.717, 1.165) is 0 Å². The Morgan fingerprint density at radius 2 is 1.56 bits per heavy atom. The van der Waals surface area contributed by atoms with Gasteiger partial charge in [-0.05, 0) is 0 Å². The van der Waals surface area contributed by atoms with Gasteiger partial charge in [0.05, 0.1) is 33.0 Å². The van der Waals surface area contributed by atoms with Gasteiger partial charge in [0.25, 0.3) is 0 Å². The van der Waals surface area contributed by atoms with Gasteiger partial charge >= 0.3 is 0 Å². The second kappa shape index (κ2) is 13.5. The van der Waals surface area contributed by atoms with E-state index in [4.69, 9.17) is 42.1 Å². The fourth-order valence-electron chi connectivity index (χ4n) is 0.990. The van der Waals surface area contributed by atoms with Crippen LogP contribution in [-0.2, 0) is 18.9 Å². The zero-order valence-electron chi connectivity index (χ0n) is 9.62. The van der Waals surface area contributed by atoms with E-state index in [-0.39, 0.29) is 6.29 Å². The Labute approximate surface area is 107 Å². The molecule has 6 heteroatoms. The van der Waals surface area contributed by atoms with Crippen LogP contribution in [-0.4, -0.2) is 58.2 Å². The highest BCUT2D eigenvalue weighted by Gasteiger charge is 2.08. The van der Waals surface area contributed by atoms with E-state index >= 15 is 0 Å². The Balaban J connectivity index is 3.54. The lowest BCUT2D eigenvalue weighted by Gasteiger charge is -2.17. The first-order chi connectivity index (χ1) is 7.85. The van der Waals surface area contributed by atoms with Gasteiger partial charge in [0.2, 0.25) is 0 Å². The number of rotatable bonds is 12. The fourth-order valence-corrected chi connectivity index (χ4v) is 1.19. The van der Waals surface area contributed by atoms with Gasteiger partial charge in [-0.15, -0.1) is 23.2 Å². The highest BCUT2D eigenvalue weighted by Crippen LogP contribution is 2.02. The third-order valence-corrected chi connectivity index (χ3v) is 2.00. The third-order valence-electron chi connectivity index (χ3n) is 1.69. The first-order valence-corrected chi connectivity index (χ1v) is 6.33. The second-order valence-corrected chi connectivity index (χ2v) is 3.70. The molecule has 0 aliphatic heterocycles. The van der Waals surface area contributed by atoms with Crippen LogP contribution in [0, 0.1) is 0 Å². The number of methoxy groups -OCH3 is 1. The summed E-state index contributed by atoms with van der Waals surface area (Å²) >= 11 is 11.0. The lowest BCUT2D eigenvalue weighted by molar-refractivity contribution is -0.155. The average molecular weight is 275 g/mol. The lowest BCUT2D eigenvalue weighted by atomic mass is 10.4. The van der Waals surface area contributed by atoms with E-state index < -0.39 is 0 Å². The lowest BCUT2D eigenvalue weighted by Crippen LogP contribution is -2.22. The molecule has 0 N–H and O–H groups in total. The van der Waals surface area contributed by atoms with E-state index in [1.54, 1.807) is 7.11 Å². The Morgan fingerprint density at radius 3 is 2.19 bits per heavy atom. The Hall–Kier alpha value is 0.420. The monoisotopic (exact) mass is 274 g/mol. The van der Waals surface area contributed by atoms with Gasteiger partial charge in [0.1, 0.15) is 0 Å². The first kappa shape index (κ1) is 16.4. The molecule has 0 saturated heterocycles. The maximum atomic E-state index is 5.54. The predicted octanol–water partition coefficient (Wildman–Crippen LogP) is 1.88. The van der Waals surface area contributed by atoms with Crippen molar-refractivity contribution in [3.63, 3.8) is 0 Å². The second-order valence-electron chi connectivity index (χ2n) is 2.94. The van der Waals surface area contributed by atoms with Crippen molar-refractivity contribution in [2.75, 3.05) is 51.9 Å². The zero-order valence-corrected chi connectivity index (χ0v) is 11.1. The van der Waals surface area contributed by atoms with Crippen LogP contribution in [0.3, 0.4) is 0 Å². The number of halogens is 2. The quantitative estimate of drug-likeness (QED) is 0.309. The molecule has 98 valence electrons. The van der Waals surface area contributed by atoms with Crippen LogP contribution in [0.1, 0.15) is 6.42 Å². The SMILES string of the molecule is COCCOC(CCOCCCl)OCCCl. The average Bonchev–Trinajstić information content (AvgIpc) is 2.31. The summed E-state index contributed by atoms with van der Waals surface area (Å²) < 4.78 is 21.0. The van der Waals surface area contributed by atoms with Gasteiger partial charge in [-0.1, -0.05) is 0 Å². The summed E-state index contributed by atoms with van der Waals surface area (Å²) in [6, 6.07) is 0. The molecule has 0 aliphatic carbocycles. The Morgan fingerprint density at radius 1 is 0.875 bits per heavy atom. The summed E-state index contributed by atoms with van der Waals surface area (Å²) in [5, 5.41) is 0. The van der Waals surface area contributed by atoms with Crippen LogP contribution in [0.25, 0.3) is 0 Å². The minimum absolute atomic E-state index is 0.288. The summed E-state index contributed by atoms with van der Waals surface area (Å²) in [5.41, 5.74) is 0. The van der Waals surface area contributed by atoms with Crippen molar-refractivity contribution in [2.45, 2.75) is 12.7 Å². The number of alkyl halides is 2. The topological polar surface area (TPSA) is 36.9 Å². The fraction of sp³-hybridized carbons (Fsp3) is 1.00. The van der Waals surface area contributed by atoms with E-state index in [9.17, 15) is 0 Å². The van der Waals surface area contributed by atoms with E-state index in [0.29, 0.717) is 51.2 Å². The molecule has 16 heavy (non-hydrogen) atoms. The van der Waals surface area contributed by atoms with Gasteiger partial charge in [0.15, 0.2) is 6.29 Å². The molecule has 4 nitrogen and oxygen atoms in total. The van der Waals surface area contributed by atoms with Crippen molar-refractivity contribution in [3.8, 4) is 0 Å². The van der Waals surface area contributed by atoms with E-state index in [1.807, 2.05) is 0 Å². The molecule has 1 unspecified atom stereocenters. The van der Waals surface area contributed by atoms with Crippen molar-refractivity contribution in [1.82, 2.24) is 0 Å². The van der Waals surface area contributed by atoms with Gasteiger partial charge in [-0.3, -0.25) is 0 Å². The number of ether oxygens (including phenoxy) is 4. The molecule has 0 fully saturated rings. The molecule has 0 amide bonds. The smallest absolute Gasteiger partial charge is 0.159 e. The molecule has 0 spiro atoms. The highest BCUT2D eigenvalue weighted by molar-refractivity contribution is 6.18. The first-order valence-electron chi connectivity index (χ1n) is 5.27. The number of hydrogen-bond acceptors (Lipinski definition) is 4. The Bertz CT molecular complexity index is 138. The van der Waals surface area contributed by atoms with Crippen LogP contribution in [0.2, 0.25) is 0 Å². The van der Waals surface area contributed by atoms with Crippen LogP contribution in [0.5, 0.6) is 0 Å². The summed E-state index contributed by atoms with van der Waals surface area (Å²) in [5.74, 6) is 0.949. The normalized spacial score (nSPS) is 12.9. The molecular weight excluding hydrogens is 255 g/mol. The summed E-state index contributed by atoms with van der Waals surface area (Å²) in [4.78, 5) is 0. The van der Waals surface area contributed by atoms with E-state index in [1.165, 1.54) is 0 Å². The van der Waals surface area contributed by atoms with Crippen molar-refractivity contribution in [3.05, 3.63) is 0 Å². The van der Waals surface area contributed by atoms with Crippen LogP contribution >= 0.6 is 23.2 Å². The van der Waals surface area contributed by atoms with Crippen LogP contribution in [0.15, 0.2) is 0 Å². The maximum absolute atomic E-state index is 5.54. The molecule has 0 aromatic carbocycles. The molecule has 0 saturated carbocycles. The summed E-state index contributed by atoms with van der Waals surface area (Å²) in [7, 11) is 1.63. The highest BCUT2D eigenvalue weighted by atomic mass is 35.5. The zero-order chi connectivity index (χ0) is 12.1. The van der Waals surface area contributed by atoms with Gasteiger partial charge < -0.3 is 18.9 Å².